The zero-order chi connectivity index (χ0) is 12.1. The van der Waals surface area contributed by atoms with Crippen LogP contribution in [0.25, 0.3) is 0 Å². The van der Waals surface area contributed by atoms with Gasteiger partial charge in [0.15, 0.2) is 0 Å². The molecular weight excluding hydrogens is 218 g/mol. The number of amides is 1. The van der Waals surface area contributed by atoms with Crippen molar-refractivity contribution in [2.45, 2.75) is 0 Å². The van der Waals surface area contributed by atoms with E-state index in [1.54, 1.807) is 36.5 Å². The molecule has 0 saturated heterocycles. The number of nitrogens with zero attached hydrogens (tertiary/aromatic N) is 2. The van der Waals surface area contributed by atoms with Crippen LogP contribution in [0.5, 0.6) is 0 Å². The summed E-state index contributed by atoms with van der Waals surface area (Å²) in [6.45, 7) is 0. The third-order valence-electron chi connectivity index (χ3n) is 2.07. The van der Waals surface area contributed by atoms with Gasteiger partial charge in [0.25, 0.3) is 5.91 Å². The van der Waals surface area contributed by atoms with Crippen LogP contribution in [0, 0.1) is 0 Å². The Hall–Kier alpha value is -2.47. The van der Waals surface area contributed by atoms with E-state index in [1.807, 2.05) is 0 Å². The van der Waals surface area contributed by atoms with E-state index in [9.17, 15) is 4.79 Å². The molecule has 2 aromatic heterocycles. The molecule has 2 aromatic rings. The van der Waals surface area contributed by atoms with Crippen molar-refractivity contribution in [1.29, 1.82) is 0 Å². The van der Waals surface area contributed by atoms with Crippen molar-refractivity contribution in [3.63, 3.8) is 0 Å². The second kappa shape index (κ2) is 5.04. The fourth-order valence-corrected chi connectivity index (χ4v) is 1.26. The lowest BCUT2D eigenvalue weighted by Gasteiger charge is -2.04. The molecule has 86 valence electrons. The Morgan fingerprint density at radius 2 is 2.06 bits per heavy atom. The first-order valence-corrected chi connectivity index (χ1v) is 4.94. The number of hydrogen-bond acceptors (Lipinski definition) is 5. The van der Waals surface area contributed by atoms with Gasteiger partial charge in [-0.25, -0.2) is 4.98 Å². The number of hydrazine groups is 1. The van der Waals surface area contributed by atoms with Crippen molar-refractivity contribution in [1.82, 2.24) is 9.97 Å². The molecule has 0 radical (unpaired) electrons. The molecule has 0 fully saturated rings. The van der Waals surface area contributed by atoms with Crippen LogP contribution >= 0.6 is 0 Å². The minimum Gasteiger partial charge on any atom is -0.324 e. The molecule has 6 nitrogen and oxygen atoms in total. The van der Waals surface area contributed by atoms with Crippen LogP contribution in [-0.4, -0.2) is 15.9 Å². The van der Waals surface area contributed by atoms with Gasteiger partial charge in [-0.1, -0.05) is 6.07 Å². The fraction of sp³-hybridized carbons (Fsp3) is 0. The van der Waals surface area contributed by atoms with Gasteiger partial charge in [-0.05, 0) is 24.3 Å². The minimum absolute atomic E-state index is 0.270. The molecule has 0 bridgehead atoms. The lowest BCUT2D eigenvalue weighted by molar-refractivity contribution is 0.102. The minimum atomic E-state index is -0.333. The molecule has 0 unspecified atom stereocenters. The first-order chi connectivity index (χ1) is 8.29. The van der Waals surface area contributed by atoms with Crippen LogP contribution in [0.1, 0.15) is 10.5 Å². The highest BCUT2D eigenvalue weighted by molar-refractivity contribution is 6.02. The molecule has 0 aromatic carbocycles. The molecule has 2 heterocycles. The standard InChI is InChI=1S/C11H11N5O/c12-16-8-4-6-13-9(7-8)11(17)15-10-3-1-2-5-14-10/h1-7H,12H2,(H,13,16)(H,14,15,17). The molecule has 0 aliphatic heterocycles. The molecule has 0 spiro atoms. The van der Waals surface area contributed by atoms with E-state index < -0.39 is 0 Å². The van der Waals surface area contributed by atoms with Crippen molar-refractivity contribution in [2.75, 3.05) is 10.7 Å². The summed E-state index contributed by atoms with van der Waals surface area (Å²) >= 11 is 0. The lowest BCUT2D eigenvalue weighted by Crippen LogP contribution is -2.15. The average molecular weight is 229 g/mol. The highest BCUT2D eigenvalue weighted by Gasteiger charge is 2.08. The first kappa shape index (κ1) is 11.0. The van der Waals surface area contributed by atoms with Gasteiger partial charge < -0.3 is 10.7 Å². The van der Waals surface area contributed by atoms with Crippen LogP contribution in [-0.2, 0) is 0 Å². The van der Waals surface area contributed by atoms with Gasteiger partial charge in [0, 0.05) is 12.4 Å². The average Bonchev–Trinajstić information content (AvgIpc) is 2.40. The van der Waals surface area contributed by atoms with E-state index in [4.69, 9.17) is 5.84 Å². The van der Waals surface area contributed by atoms with E-state index in [2.05, 4.69) is 20.7 Å². The van der Waals surface area contributed by atoms with Gasteiger partial charge in [0.05, 0.1) is 5.69 Å². The number of aromatic nitrogens is 2. The van der Waals surface area contributed by atoms with Crippen LogP contribution in [0.3, 0.4) is 0 Å². The molecule has 0 atom stereocenters. The number of nitrogen functional groups attached to an aromatic ring is 1. The largest absolute Gasteiger partial charge is 0.324 e. The maximum absolute atomic E-state index is 11.8. The van der Waals surface area contributed by atoms with Crippen molar-refractivity contribution in [3.8, 4) is 0 Å². The summed E-state index contributed by atoms with van der Waals surface area (Å²) in [7, 11) is 0. The zero-order valence-electron chi connectivity index (χ0n) is 8.92. The lowest BCUT2D eigenvalue weighted by atomic mass is 10.3. The summed E-state index contributed by atoms with van der Waals surface area (Å²) in [5, 5.41) is 2.63. The Balaban J connectivity index is 2.14. The number of hydrogen-bond donors (Lipinski definition) is 3. The highest BCUT2D eigenvalue weighted by Crippen LogP contribution is 2.08. The van der Waals surface area contributed by atoms with E-state index in [0.29, 0.717) is 11.5 Å². The second-order valence-electron chi connectivity index (χ2n) is 3.24. The summed E-state index contributed by atoms with van der Waals surface area (Å²) in [6.07, 6.45) is 3.10. The van der Waals surface area contributed by atoms with E-state index in [1.165, 1.54) is 6.20 Å². The van der Waals surface area contributed by atoms with Gasteiger partial charge >= 0.3 is 0 Å². The van der Waals surface area contributed by atoms with Gasteiger partial charge in [0.1, 0.15) is 11.5 Å². The molecule has 17 heavy (non-hydrogen) atoms. The Morgan fingerprint density at radius 3 is 2.76 bits per heavy atom. The Bertz CT molecular complexity index is 514. The molecule has 0 aliphatic rings. The van der Waals surface area contributed by atoms with Crippen LogP contribution < -0.4 is 16.6 Å². The highest BCUT2D eigenvalue weighted by atomic mass is 16.1. The molecule has 6 heteroatoms. The Labute approximate surface area is 97.9 Å². The SMILES string of the molecule is NNc1ccnc(C(=O)Nc2ccccn2)c1. The van der Waals surface area contributed by atoms with Crippen LogP contribution in [0.15, 0.2) is 42.7 Å². The molecular formula is C11H11N5O. The predicted octanol–water partition coefficient (Wildman–Crippen LogP) is 1.01. The van der Waals surface area contributed by atoms with Crippen molar-refractivity contribution >= 4 is 17.4 Å². The maximum atomic E-state index is 11.8. The van der Waals surface area contributed by atoms with E-state index in [-0.39, 0.29) is 11.6 Å². The third kappa shape index (κ3) is 2.76. The topological polar surface area (TPSA) is 92.9 Å². The molecule has 0 aliphatic carbocycles. The predicted molar refractivity (Wildman–Crippen MR) is 64.2 cm³/mol. The monoisotopic (exact) mass is 229 g/mol. The summed E-state index contributed by atoms with van der Waals surface area (Å²) in [6, 6.07) is 8.47. The van der Waals surface area contributed by atoms with Gasteiger partial charge in [0.2, 0.25) is 0 Å². The molecule has 0 saturated carbocycles. The summed E-state index contributed by atoms with van der Waals surface area (Å²) in [5.41, 5.74) is 3.34. The van der Waals surface area contributed by atoms with Crippen LogP contribution in [0.4, 0.5) is 11.5 Å². The third-order valence-corrected chi connectivity index (χ3v) is 2.07. The summed E-state index contributed by atoms with van der Waals surface area (Å²) in [5.74, 6) is 5.39. The molecule has 4 N–H and O–H groups in total. The number of nitrogens with one attached hydrogen (secondary N) is 2. The number of carbonyl (C=O) groups is 1. The summed E-state index contributed by atoms with van der Waals surface area (Å²) in [4.78, 5) is 19.7. The maximum Gasteiger partial charge on any atom is 0.275 e. The number of anilines is 2. The summed E-state index contributed by atoms with van der Waals surface area (Å²) < 4.78 is 0. The number of nitrogens with two attached hydrogens (primary N) is 1. The normalized spacial score (nSPS) is 9.71. The number of carbonyl (C=O) groups excluding carboxylic acids is 1. The molecule has 1 amide bonds. The van der Waals surface area contributed by atoms with Crippen molar-refractivity contribution < 1.29 is 4.79 Å². The van der Waals surface area contributed by atoms with Gasteiger partial charge in [-0.15, -0.1) is 0 Å². The number of pyridine rings is 2. The smallest absolute Gasteiger partial charge is 0.275 e. The second-order valence-corrected chi connectivity index (χ2v) is 3.24. The van der Waals surface area contributed by atoms with Crippen LogP contribution in [0.2, 0.25) is 0 Å². The van der Waals surface area contributed by atoms with Crippen molar-refractivity contribution in [2.24, 2.45) is 5.84 Å². The zero-order valence-corrected chi connectivity index (χ0v) is 8.92. The quantitative estimate of drug-likeness (QED) is 0.539. The van der Waals surface area contributed by atoms with Gasteiger partial charge in [-0.3, -0.25) is 15.6 Å². The van der Waals surface area contributed by atoms with E-state index in [0.717, 1.165) is 0 Å². The fourth-order valence-electron chi connectivity index (χ4n) is 1.26. The number of rotatable bonds is 3. The first-order valence-electron chi connectivity index (χ1n) is 4.94. The Morgan fingerprint density at radius 1 is 1.18 bits per heavy atom. The van der Waals surface area contributed by atoms with E-state index >= 15 is 0 Å². The van der Waals surface area contributed by atoms with Gasteiger partial charge in [-0.2, -0.15) is 0 Å². The Kier molecular flexibility index (Phi) is 3.27. The molecule has 2 rings (SSSR count). The van der Waals surface area contributed by atoms with Crippen molar-refractivity contribution in [3.05, 3.63) is 48.4 Å².